The monoisotopic (exact) mass is 708 g/mol. The van der Waals surface area contributed by atoms with Gasteiger partial charge >= 0.3 is 5.97 Å². The van der Waals surface area contributed by atoms with Crippen molar-refractivity contribution in [1.29, 1.82) is 0 Å². The van der Waals surface area contributed by atoms with Crippen molar-refractivity contribution in [2.24, 2.45) is 51.2 Å². The van der Waals surface area contributed by atoms with Crippen LogP contribution in [0, 0.1) is 51.2 Å². The van der Waals surface area contributed by atoms with E-state index in [0.717, 1.165) is 32.1 Å². The van der Waals surface area contributed by atoms with Crippen LogP contribution in [0.1, 0.15) is 123 Å². The highest BCUT2D eigenvalue weighted by Crippen LogP contribution is 2.73. The molecule has 3 saturated carbocycles. The largest absolute Gasteiger partial charge is 0.453 e. The number of rotatable bonds is 11. The molecule has 0 bridgehead atoms. The molecular weight excluding hydrogens is 644 g/mol. The fourth-order valence-corrected chi connectivity index (χ4v) is 12.0. The van der Waals surface area contributed by atoms with Crippen LogP contribution in [0.2, 0.25) is 0 Å². The number of carbonyl (C=O) groups is 2. The van der Waals surface area contributed by atoms with Crippen LogP contribution >= 0.6 is 0 Å². The van der Waals surface area contributed by atoms with Crippen molar-refractivity contribution in [2.75, 3.05) is 13.2 Å². The highest BCUT2D eigenvalue weighted by molar-refractivity contribution is 5.89. The number of fused-ring (bicyclic) bond motifs is 5. The summed E-state index contributed by atoms with van der Waals surface area (Å²) in [4.78, 5) is 25.6. The molecule has 1 heterocycles. The second-order valence-electron chi connectivity index (χ2n) is 18.3. The van der Waals surface area contributed by atoms with Crippen LogP contribution in [0.5, 0.6) is 0 Å². The van der Waals surface area contributed by atoms with E-state index in [1.807, 2.05) is 0 Å². The van der Waals surface area contributed by atoms with E-state index in [1.54, 1.807) is 30.3 Å². The molecule has 5 aliphatic rings. The quantitative estimate of drug-likeness (QED) is 0.162. The minimum Gasteiger partial charge on any atom is -0.453 e. The maximum atomic E-state index is 13.0. The number of ketones is 1. The minimum atomic E-state index is -1.47. The Bertz CT molecular complexity index is 1440. The highest BCUT2D eigenvalue weighted by atomic mass is 16.7. The summed E-state index contributed by atoms with van der Waals surface area (Å²) < 4.78 is 17.2. The van der Waals surface area contributed by atoms with E-state index in [2.05, 4.69) is 54.5 Å². The predicted molar refractivity (Wildman–Crippen MR) is 196 cm³/mol. The normalized spacial score (nSPS) is 41.5. The summed E-state index contributed by atoms with van der Waals surface area (Å²) in [7, 11) is 0. The third kappa shape index (κ3) is 6.68. The van der Waals surface area contributed by atoms with Crippen molar-refractivity contribution in [3.63, 3.8) is 0 Å². The zero-order chi connectivity index (χ0) is 36.9. The van der Waals surface area contributed by atoms with Crippen LogP contribution in [0.4, 0.5) is 0 Å². The number of hydrogen-bond acceptors (Lipinski definition) is 8. The molecule has 284 valence electrons. The lowest BCUT2D eigenvalue weighted by Gasteiger charge is -2.64. The molecular formula is C43H64O8. The standard InChI is InChI=1S/C43H64O8/c1-26(25-49-39-36(47)35(46)37(32(24-44)50-39)51-38(48)28-14-9-8-10-15-28)12-11-13-27(2)29-18-22-43(7)31-16-17-33-40(3,4)34(45)20-21-41(33,5)30(31)19-23-42(29,43)6/h8-10,14-15,17,26-27,29-32,35-37,39,44,46-47H,11-13,16,18-25H2,1-7H3/t26-,27+,29+,30-,31-,32+,35-,36+,37+,39+,41+,42+,43-/m0/s1. The van der Waals surface area contributed by atoms with Gasteiger partial charge in [0.05, 0.1) is 18.8 Å². The van der Waals surface area contributed by atoms with Gasteiger partial charge in [-0.2, -0.15) is 0 Å². The third-order valence-electron chi connectivity index (χ3n) is 15.3. The van der Waals surface area contributed by atoms with Crippen molar-refractivity contribution < 1.29 is 39.1 Å². The van der Waals surface area contributed by atoms with E-state index in [9.17, 15) is 24.9 Å². The van der Waals surface area contributed by atoms with Crippen LogP contribution < -0.4 is 0 Å². The summed E-state index contributed by atoms with van der Waals surface area (Å²) in [6.45, 7) is 16.5. The molecule has 4 fully saturated rings. The molecule has 0 unspecified atom stereocenters. The molecule has 0 aromatic heterocycles. The number of hydrogen-bond donors (Lipinski definition) is 3. The lowest BCUT2D eigenvalue weighted by Crippen LogP contribution is -2.60. The Hall–Kier alpha value is -2.10. The van der Waals surface area contributed by atoms with E-state index in [1.165, 1.54) is 31.3 Å². The molecule has 6 rings (SSSR count). The van der Waals surface area contributed by atoms with Gasteiger partial charge in [-0.25, -0.2) is 4.79 Å². The Balaban J connectivity index is 0.996. The molecule has 1 aromatic carbocycles. The first-order chi connectivity index (χ1) is 24.1. The second-order valence-corrected chi connectivity index (χ2v) is 18.3. The molecule has 0 spiro atoms. The number of allylic oxidation sites excluding steroid dienone is 2. The zero-order valence-electron chi connectivity index (χ0n) is 32.1. The van der Waals surface area contributed by atoms with Gasteiger partial charge in [0.15, 0.2) is 12.4 Å². The number of carbonyl (C=O) groups excluding carboxylic acids is 2. The van der Waals surface area contributed by atoms with E-state index >= 15 is 0 Å². The fourth-order valence-electron chi connectivity index (χ4n) is 12.0. The molecule has 8 nitrogen and oxygen atoms in total. The minimum absolute atomic E-state index is 0.138. The van der Waals surface area contributed by atoms with Gasteiger partial charge in [-0.3, -0.25) is 4.79 Å². The summed E-state index contributed by atoms with van der Waals surface area (Å²) in [5.74, 6) is 2.62. The Kier molecular flexibility index (Phi) is 11.1. The SMILES string of the molecule is C[C@@H](CCC[C@@H](C)[C@H]1CC[C@@]2(C)[C@H]3CC=C4C(C)(C)C(=O)CC[C@]4(C)[C@H]3CC[C@]12C)CO[C@@H]1O[C@H](CO)[C@@H](OC(=O)c2ccccc2)[C@@H](O)[C@H]1O. The lowest BCUT2D eigenvalue weighted by atomic mass is 9.40. The van der Waals surface area contributed by atoms with Crippen molar-refractivity contribution >= 4 is 11.8 Å². The maximum Gasteiger partial charge on any atom is 0.338 e. The number of Topliss-reactive ketones (excluding diaryl/α,β-unsaturated/α-hetero) is 1. The summed E-state index contributed by atoms with van der Waals surface area (Å²) >= 11 is 0. The Morgan fingerprint density at radius 3 is 2.35 bits per heavy atom. The van der Waals surface area contributed by atoms with E-state index in [0.29, 0.717) is 58.9 Å². The van der Waals surface area contributed by atoms with Crippen molar-refractivity contribution in [3.05, 3.63) is 47.5 Å². The second kappa shape index (κ2) is 14.6. The number of ether oxygens (including phenoxy) is 3. The van der Waals surface area contributed by atoms with Crippen molar-refractivity contribution in [2.45, 2.75) is 143 Å². The fraction of sp³-hybridized carbons (Fsp3) is 0.767. The number of aliphatic hydroxyl groups excluding tert-OH is 3. The van der Waals surface area contributed by atoms with Crippen LogP contribution in [0.3, 0.4) is 0 Å². The average molecular weight is 709 g/mol. The van der Waals surface area contributed by atoms with Gasteiger partial charge in [0, 0.05) is 11.8 Å². The molecule has 3 N–H and O–H groups in total. The smallest absolute Gasteiger partial charge is 0.338 e. The third-order valence-corrected chi connectivity index (χ3v) is 15.3. The molecule has 1 aliphatic heterocycles. The number of esters is 1. The van der Waals surface area contributed by atoms with Crippen LogP contribution in [0.25, 0.3) is 0 Å². The van der Waals surface area contributed by atoms with E-state index in [4.69, 9.17) is 14.2 Å². The van der Waals surface area contributed by atoms with Crippen LogP contribution in [-0.2, 0) is 19.0 Å². The summed E-state index contributed by atoms with van der Waals surface area (Å²) in [5, 5.41) is 31.6. The van der Waals surface area contributed by atoms with Gasteiger partial charge in [-0.1, -0.05) is 77.3 Å². The van der Waals surface area contributed by atoms with Gasteiger partial charge < -0.3 is 29.5 Å². The number of benzene rings is 1. The van der Waals surface area contributed by atoms with Crippen molar-refractivity contribution in [3.8, 4) is 0 Å². The molecule has 8 heteroatoms. The maximum absolute atomic E-state index is 13.0. The lowest BCUT2D eigenvalue weighted by molar-refractivity contribution is -0.302. The molecule has 4 aliphatic carbocycles. The van der Waals surface area contributed by atoms with E-state index < -0.39 is 43.3 Å². The Morgan fingerprint density at radius 1 is 0.941 bits per heavy atom. The molecule has 0 amide bonds. The first kappa shape index (κ1) is 38.6. The van der Waals surface area contributed by atoms with Gasteiger partial charge in [-0.15, -0.1) is 0 Å². The predicted octanol–water partition coefficient (Wildman–Crippen LogP) is 7.28. The Morgan fingerprint density at radius 2 is 1.65 bits per heavy atom. The van der Waals surface area contributed by atoms with Crippen molar-refractivity contribution in [1.82, 2.24) is 0 Å². The summed E-state index contributed by atoms with van der Waals surface area (Å²) in [6.07, 6.45) is 7.41. The van der Waals surface area contributed by atoms with Gasteiger partial charge in [0.1, 0.15) is 24.1 Å². The van der Waals surface area contributed by atoms with Gasteiger partial charge in [0.25, 0.3) is 0 Å². The first-order valence-corrected chi connectivity index (χ1v) is 19.8. The number of aliphatic hydroxyl groups is 3. The molecule has 1 saturated heterocycles. The molecule has 1 aromatic rings. The topological polar surface area (TPSA) is 123 Å². The molecule has 13 atom stereocenters. The van der Waals surface area contributed by atoms with Crippen LogP contribution in [-0.4, -0.2) is 71.0 Å². The van der Waals surface area contributed by atoms with E-state index in [-0.39, 0.29) is 16.7 Å². The summed E-state index contributed by atoms with van der Waals surface area (Å²) in [5.41, 5.74) is 2.17. The molecule has 0 radical (unpaired) electrons. The zero-order valence-corrected chi connectivity index (χ0v) is 32.1. The van der Waals surface area contributed by atoms with Gasteiger partial charge in [0.2, 0.25) is 0 Å². The summed E-state index contributed by atoms with van der Waals surface area (Å²) in [6, 6.07) is 8.38. The Labute approximate surface area is 305 Å². The van der Waals surface area contributed by atoms with Gasteiger partial charge in [-0.05, 0) is 117 Å². The first-order valence-electron chi connectivity index (χ1n) is 19.8. The molecule has 51 heavy (non-hydrogen) atoms. The van der Waals surface area contributed by atoms with Crippen LogP contribution in [0.15, 0.2) is 42.0 Å². The highest BCUT2D eigenvalue weighted by Gasteiger charge is 2.66. The average Bonchev–Trinajstić information content (AvgIpc) is 3.39.